The van der Waals surface area contributed by atoms with E-state index in [-0.39, 0.29) is 0 Å². The highest BCUT2D eigenvalue weighted by Crippen LogP contribution is 2.16. The van der Waals surface area contributed by atoms with Crippen molar-refractivity contribution in [1.29, 1.82) is 0 Å². The Labute approximate surface area is 112 Å². The minimum atomic E-state index is -0.960. The van der Waals surface area contributed by atoms with Crippen molar-refractivity contribution in [3.05, 3.63) is 29.3 Å². The third-order valence-electron chi connectivity index (χ3n) is 2.31. The normalized spacial score (nSPS) is 12.2. The maximum Gasteiger partial charge on any atom is 0.321 e. The van der Waals surface area contributed by atoms with E-state index in [1.165, 1.54) is 22.9 Å². The number of carbonyl (C=O) groups is 1. The average molecular weight is 269 g/mol. The number of aryl methyl sites for hydroxylation is 2. The first-order valence-electron chi connectivity index (χ1n) is 5.76. The number of carboxylic acids is 1. The van der Waals surface area contributed by atoms with Gasteiger partial charge in [-0.3, -0.25) is 4.79 Å². The summed E-state index contributed by atoms with van der Waals surface area (Å²) in [6.45, 7) is 4.61. The summed E-state index contributed by atoms with van der Waals surface area (Å²) in [4.78, 5) is 10.5. The first kappa shape index (κ1) is 14.9. The van der Waals surface area contributed by atoms with Gasteiger partial charge in [0, 0.05) is 11.5 Å². The lowest BCUT2D eigenvalue weighted by Crippen LogP contribution is -2.32. The van der Waals surface area contributed by atoms with Gasteiger partial charge in [0.1, 0.15) is 11.8 Å². The van der Waals surface area contributed by atoms with Crippen molar-refractivity contribution in [2.75, 3.05) is 18.1 Å². The van der Waals surface area contributed by atoms with Gasteiger partial charge in [-0.05, 0) is 37.1 Å². The predicted octanol–water partition coefficient (Wildman–Crippen LogP) is 1.83. The second-order valence-corrected chi connectivity index (χ2v) is 5.34. The number of hydrogen-bond acceptors (Lipinski definition) is 4. The molecule has 0 saturated carbocycles. The fourth-order valence-corrected chi connectivity index (χ4v) is 2.28. The minimum Gasteiger partial charge on any atom is -0.493 e. The zero-order chi connectivity index (χ0) is 13.5. The van der Waals surface area contributed by atoms with Crippen LogP contribution in [0.25, 0.3) is 0 Å². The molecule has 1 atom stereocenters. The molecule has 0 aliphatic rings. The molecule has 0 aliphatic carbocycles. The highest BCUT2D eigenvalue weighted by molar-refractivity contribution is 7.99. The Balaban J connectivity index is 2.23. The molecule has 0 spiro atoms. The van der Waals surface area contributed by atoms with Crippen LogP contribution in [0, 0.1) is 13.8 Å². The number of thioether (sulfide) groups is 1. The molecule has 1 rings (SSSR count). The number of aliphatic carboxylic acids is 1. The summed E-state index contributed by atoms with van der Waals surface area (Å²) in [5.74, 6) is 1.04. The fraction of sp³-hybridized carbons (Fsp3) is 0.462. The van der Waals surface area contributed by atoms with Gasteiger partial charge in [0.05, 0.1) is 6.61 Å². The van der Waals surface area contributed by atoms with Crippen LogP contribution in [0.1, 0.15) is 11.1 Å². The van der Waals surface area contributed by atoms with E-state index in [0.717, 1.165) is 11.5 Å². The largest absolute Gasteiger partial charge is 0.493 e. The summed E-state index contributed by atoms with van der Waals surface area (Å²) in [5.41, 5.74) is 7.73. The Bertz CT molecular complexity index is 389. The van der Waals surface area contributed by atoms with Crippen LogP contribution >= 0.6 is 11.8 Å². The molecule has 0 amide bonds. The Hall–Kier alpha value is -1.20. The van der Waals surface area contributed by atoms with Gasteiger partial charge >= 0.3 is 5.97 Å². The molecule has 1 aromatic rings. The summed E-state index contributed by atoms with van der Waals surface area (Å²) in [6.07, 6.45) is 0. The van der Waals surface area contributed by atoms with Crippen molar-refractivity contribution >= 4 is 17.7 Å². The quantitative estimate of drug-likeness (QED) is 0.739. The molecule has 0 aromatic heterocycles. The van der Waals surface area contributed by atoms with Gasteiger partial charge in [0.15, 0.2) is 0 Å². The number of benzene rings is 1. The SMILES string of the molecule is Cc1cc(C)cc(OCCSC[C@@H](N)C(=O)O)c1. The molecule has 0 unspecified atom stereocenters. The highest BCUT2D eigenvalue weighted by Gasteiger charge is 2.10. The molecule has 1 aromatic carbocycles. The number of carboxylic acid groups (broad SMARTS) is 1. The van der Waals surface area contributed by atoms with Crippen molar-refractivity contribution in [2.24, 2.45) is 5.73 Å². The van der Waals surface area contributed by atoms with Crippen LogP contribution < -0.4 is 10.5 Å². The van der Waals surface area contributed by atoms with Crippen LogP contribution in [-0.2, 0) is 4.79 Å². The van der Waals surface area contributed by atoms with Gasteiger partial charge in [-0.1, -0.05) is 6.07 Å². The van der Waals surface area contributed by atoms with Crippen LogP contribution in [0.15, 0.2) is 18.2 Å². The molecular formula is C13H19NO3S. The highest BCUT2D eigenvalue weighted by atomic mass is 32.2. The lowest BCUT2D eigenvalue weighted by molar-refractivity contribution is -0.137. The van der Waals surface area contributed by atoms with Crippen molar-refractivity contribution in [3.63, 3.8) is 0 Å². The van der Waals surface area contributed by atoms with E-state index in [4.69, 9.17) is 15.6 Å². The lowest BCUT2D eigenvalue weighted by atomic mass is 10.1. The number of nitrogens with two attached hydrogens (primary N) is 1. The molecule has 0 heterocycles. The first-order chi connectivity index (χ1) is 8.49. The van der Waals surface area contributed by atoms with Crippen molar-refractivity contribution in [3.8, 4) is 5.75 Å². The second-order valence-electron chi connectivity index (χ2n) is 4.19. The van der Waals surface area contributed by atoms with E-state index < -0.39 is 12.0 Å². The molecule has 100 valence electrons. The first-order valence-corrected chi connectivity index (χ1v) is 6.91. The Kier molecular flexibility index (Phi) is 6.01. The Morgan fingerprint density at radius 2 is 2.00 bits per heavy atom. The minimum absolute atomic E-state index is 0.408. The van der Waals surface area contributed by atoms with Crippen LogP contribution in [-0.4, -0.2) is 35.2 Å². The van der Waals surface area contributed by atoms with E-state index in [0.29, 0.717) is 12.4 Å². The maximum absolute atomic E-state index is 10.5. The van der Waals surface area contributed by atoms with E-state index in [1.807, 2.05) is 26.0 Å². The van der Waals surface area contributed by atoms with Crippen molar-refractivity contribution in [2.45, 2.75) is 19.9 Å². The van der Waals surface area contributed by atoms with Gasteiger partial charge < -0.3 is 15.6 Å². The third-order valence-corrected chi connectivity index (χ3v) is 3.36. The second kappa shape index (κ2) is 7.28. The smallest absolute Gasteiger partial charge is 0.321 e. The molecule has 0 saturated heterocycles. The number of hydrogen-bond donors (Lipinski definition) is 2. The van der Waals surface area contributed by atoms with Gasteiger partial charge in [0.25, 0.3) is 0 Å². The maximum atomic E-state index is 10.5. The summed E-state index contributed by atoms with van der Waals surface area (Å²) in [6, 6.07) is 5.27. The van der Waals surface area contributed by atoms with E-state index in [1.54, 1.807) is 0 Å². The molecule has 0 aliphatic heterocycles. The number of ether oxygens (including phenoxy) is 1. The summed E-state index contributed by atoms with van der Waals surface area (Å²) in [5, 5.41) is 8.61. The third kappa shape index (κ3) is 5.42. The monoisotopic (exact) mass is 269 g/mol. The number of rotatable bonds is 7. The van der Waals surface area contributed by atoms with Crippen LogP contribution in [0.3, 0.4) is 0 Å². The van der Waals surface area contributed by atoms with Gasteiger partial charge in [-0.15, -0.1) is 0 Å². The van der Waals surface area contributed by atoms with Crippen molar-refractivity contribution < 1.29 is 14.6 Å². The molecule has 5 heteroatoms. The molecular weight excluding hydrogens is 250 g/mol. The zero-order valence-electron chi connectivity index (χ0n) is 10.7. The van der Waals surface area contributed by atoms with Gasteiger partial charge in [0.2, 0.25) is 0 Å². The summed E-state index contributed by atoms with van der Waals surface area (Å²) >= 11 is 1.49. The standard InChI is InChI=1S/C13H19NO3S/c1-9-5-10(2)7-11(6-9)17-3-4-18-8-12(14)13(15)16/h5-7,12H,3-4,8,14H2,1-2H3,(H,15,16)/t12-/m1/s1. The average Bonchev–Trinajstić information content (AvgIpc) is 2.26. The van der Waals surface area contributed by atoms with E-state index >= 15 is 0 Å². The molecule has 0 radical (unpaired) electrons. The zero-order valence-corrected chi connectivity index (χ0v) is 11.5. The van der Waals surface area contributed by atoms with E-state index in [9.17, 15) is 4.79 Å². The summed E-state index contributed by atoms with van der Waals surface area (Å²) < 4.78 is 5.60. The van der Waals surface area contributed by atoms with Gasteiger partial charge in [-0.25, -0.2) is 0 Å². The topological polar surface area (TPSA) is 72.5 Å². The Morgan fingerprint density at radius 3 is 2.56 bits per heavy atom. The van der Waals surface area contributed by atoms with E-state index in [2.05, 4.69) is 6.07 Å². The molecule has 4 nitrogen and oxygen atoms in total. The van der Waals surface area contributed by atoms with Crippen LogP contribution in [0.4, 0.5) is 0 Å². The molecule has 18 heavy (non-hydrogen) atoms. The van der Waals surface area contributed by atoms with Crippen LogP contribution in [0.2, 0.25) is 0 Å². The fourth-order valence-electron chi connectivity index (χ4n) is 1.52. The summed E-state index contributed by atoms with van der Waals surface area (Å²) in [7, 11) is 0. The van der Waals surface area contributed by atoms with Crippen LogP contribution in [0.5, 0.6) is 5.75 Å². The predicted molar refractivity (Wildman–Crippen MR) is 74.3 cm³/mol. The Morgan fingerprint density at radius 1 is 1.39 bits per heavy atom. The van der Waals surface area contributed by atoms with Crippen molar-refractivity contribution in [1.82, 2.24) is 0 Å². The molecule has 0 fully saturated rings. The van der Waals surface area contributed by atoms with Gasteiger partial charge in [-0.2, -0.15) is 11.8 Å². The lowest BCUT2D eigenvalue weighted by Gasteiger charge is -2.09. The molecule has 0 bridgehead atoms. The molecule has 3 N–H and O–H groups in total.